The Balaban J connectivity index is 2.10. The fourth-order valence-electron chi connectivity index (χ4n) is 1.06. The van der Waals surface area contributed by atoms with Gasteiger partial charge in [0, 0.05) is 24.0 Å². The van der Waals surface area contributed by atoms with Crippen molar-refractivity contribution in [1.82, 2.24) is 9.88 Å². The summed E-state index contributed by atoms with van der Waals surface area (Å²) in [5, 5.41) is 0. The number of hydrogen-bond acceptors (Lipinski definition) is 3. The molecule has 0 aliphatic carbocycles. The van der Waals surface area contributed by atoms with E-state index in [1.54, 1.807) is 18.5 Å². The van der Waals surface area contributed by atoms with Gasteiger partial charge in [0.05, 0.1) is 6.54 Å². The van der Waals surface area contributed by atoms with Gasteiger partial charge >= 0.3 is 6.09 Å². The number of rotatable bonds is 0. The van der Waals surface area contributed by atoms with Crippen LogP contribution in [-0.4, -0.2) is 29.1 Å². The first kappa shape index (κ1) is 8.57. The minimum absolute atomic E-state index is 0.374. The summed E-state index contributed by atoms with van der Waals surface area (Å²) < 4.78 is 4.72. The van der Waals surface area contributed by atoms with E-state index in [9.17, 15) is 4.79 Å². The number of aromatic nitrogens is 1. The van der Waals surface area contributed by atoms with Crippen LogP contribution in [0.5, 0.6) is 0 Å². The summed E-state index contributed by atoms with van der Waals surface area (Å²) in [6, 6.07) is 6.35. The molecule has 1 amide bonds. The third-order valence-corrected chi connectivity index (χ3v) is 1.76. The van der Waals surface area contributed by atoms with E-state index in [2.05, 4.69) is 16.9 Å². The Hall–Kier alpha value is -2.02. The maximum Gasteiger partial charge on any atom is 0.421 e. The van der Waals surface area contributed by atoms with Gasteiger partial charge in [-0.3, -0.25) is 4.98 Å². The maximum atomic E-state index is 11.0. The Morgan fingerprint density at radius 3 is 3.14 bits per heavy atom. The minimum Gasteiger partial charge on any atom is -0.447 e. The van der Waals surface area contributed by atoms with E-state index in [0.29, 0.717) is 13.2 Å². The lowest BCUT2D eigenvalue weighted by Crippen LogP contribution is -2.17. The van der Waals surface area contributed by atoms with Gasteiger partial charge in [-0.1, -0.05) is 0 Å². The highest BCUT2D eigenvalue weighted by atomic mass is 16.6. The molecular formula is C10H8N2O2. The second-order valence-electron chi connectivity index (χ2n) is 2.74. The number of hydrogen-bond donors (Lipinski definition) is 0. The number of carbonyl (C=O) groups is 1. The Labute approximate surface area is 81.5 Å². The van der Waals surface area contributed by atoms with Gasteiger partial charge in [0.15, 0.2) is 0 Å². The second kappa shape index (κ2) is 3.79. The Kier molecular flexibility index (Phi) is 2.32. The molecule has 0 N–H and O–H groups in total. The number of carbonyl (C=O) groups excluding carboxylic acids is 1. The molecule has 0 spiro atoms. The number of amides is 1. The van der Waals surface area contributed by atoms with Crippen molar-refractivity contribution in [1.29, 1.82) is 0 Å². The standard InChI is InChI=1S/C10H8N2O2/c13-10-12(6-7-14-10)5-3-9-2-1-4-11-8-9/h1-2,4,8H,6-7H2. The number of cyclic esters (lactones) is 1. The highest BCUT2D eigenvalue weighted by Crippen LogP contribution is 2.01. The average Bonchev–Trinajstić information content (AvgIpc) is 2.63. The summed E-state index contributed by atoms with van der Waals surface area (Å²) in [5.41, 5.74) is 0.784. The minimum atomic E-state index is -0.374. The van der Waals surface area contributed by atoms with Crippen LogP contribution in [0.25, 0.3) is 0 Å². The molecule has 2 heterocycles. The molecule has 0 radical (unpaired) electrons. The number of nitrogens with zero attached hydrogens (tertiary/aromatic N) is 2. The van der Waals surface area contributed by atoms with E-state index in [4.69, 9.17) is 4.74 Å². The van der Waals surface area contributed by atoms with Crippen molar-refractivity contribution in [2.45, 2.75) is 0 Å². The molecule has 0 bridgehead atoms. The van der Waals surface area contributed by atoms with Gasteiger partial charge in [-0.15, -0.1) is 0 Å². The predicted octanol–water partition coefficient (Wildman–Crippen LogP) is 0.843. The summed E-state index contributed by atoms with van der Waals surface area (Å²) in [5.74, 6) is 2.83. The van der Waals surface area contributed by atoms with Gasteiger partial charge in [0.25, 0.3) is 0 Å². The molecule has 1 aromatic rings. The van der Waals surface area contributed by atoms with E-state index >= 15 is 0 Å². The molecule has 0 unspecified atom stereocenters. The van der Waals surface area contributed by atoms with Crippen molar-refractivity contribution in [2.24, 2.45) is 0 Å². The van der Waals surface area contributed by atoms with Crippen LogP contribution < -0.4 is 0 Å². The lowest BCUT2D eigenvalue weighted by Gasteiger charge is -1.99. The van der Waals surface area contributed by atoms with Crippen molar-refractivity contribution < 1.29 is 9.53 Å². The van der Waals surface area contributed by atoms with Crippen molar-refractivity contribution in [3.8, 4) is 12.0 Å². The van der Waals surface area contributed by atoms with Crippen LogP contribution in [0.2, 0.25) is 0 Å². The number of pyridine rings is 1. The molecule has 1 aromatic heterocycles. The van der Waals surface area contributed by atoms with Gasteiger partial charge in [-0.05, 0) is 18.1 Å². The van der Waals surface area contributed by atoms with Crippen molar-refractivity contribution in [3.05, 3.63) is 30.1 Å². The third kappa shape index (κ3) is 1.83. The smallest absolute Gasteiger partial charge is 0.421 e. The summed E-state index contributed by atoms with van der Waals surface area (Å²) >= 11 is 0. The molecule has 70 valence electrons. The highest BCUT2D eigenvalue weighted by Gasteiger charge is 2.19. The van der Waals surface area contributed by atoms with Gasteiger partial charge in [0.1, 0.15) is 6.61 Å². The van der Waals surface area contributed by atoms with E-state index < -0.39 is 0 Å². The molecule has 0 atom stereocenters. The first-order valence-electron chi connectivity index (χ1n) is 4.22. The zero-order valence-corrected chi connectivity index (χ0v) is 7.43. The molecular weight excluding hydrogens is 180 g/mol. The predicted molar refractivity (Wildman–Crippen MR) is 49.2 cm³/mol. The van der Waals surface area contributed by atoms with Crippen LogP contribution in [0.15, 0.2) is 24.5 Å². The molecule has 2 rings (SSSR count). The molecule has 1 fully saturated rings. The Morgan fingerprint density at radius 1 is 1.57 bits per heavy atom. The van der Waals surface area contributed by atoms with Crippen molar-refractivity contribution in [2.75, 3.05) is 13.2 Å². The van der Waals surface area contributed by atoms with Gasteiger partial charge < -0.3 is 4.74 Å². The quantitative estimate of drug-likeness (QED) is 0.566. The van der Waals surface area contributed by atoms with E-state index in [0.717, 1.165) is 5.56 Å². The normalized spacial score (nSPS) is 14.6. The topological polar surface area (TPSA) is 42.4 Å². The van der Waals surface area contributed by atoms with Crippen molar-refractivity contribution in [3.63, 3.8) is 0 Å². The molecule has 0 aromatic carbocycles. The van der Waals surface area contributed by atoms with E-state index in [1.165, 1.54) is 4.90 Å². The Morgan fingerprint density at radius 2 is 2.50 bits per heavy atom. The summed E-state index contributed by atoms with van der Waals surface area (Å²) in [6.07, 6.45) is 2.95. The fourth-order valence-corrected chi connectivity index (χ4v) is 1.06. The van der Waals surface area contributed by atoms with E-state index in [-0.39, 0.29) is 6.09 Å². The molecule has 1 aliphatic heterocycles. The van der Waals surface area contributed by atoms with Gasteiger partial charge in [-0.2, -0.15) is 0 Å². The zero-order valence-electron chi connectivity index (χ0n) is 7.43. The first-order valence-corrected chi connectivity index (χ1v) is 4.22. The van der Waals surface area contributed by atoms with Crippen LogP contribution in [0.1, 0.15) is 5.56 Å². The SMILES string of the molecule is O=C1OCCN1C#Cc1cccnc1. The fraction of sp³-hybridized carbons (Fsp3) is 0.200. The molecule has 0 saturated carbocycles. The molecule has 1 saturated heterocycles. The zero-order chi connectivity index (χ0) is 9.80. The first-order chi connectivity index (χ1) is 6.86. The molecule has 4 heteroatoms. The van der Waals surface area contributed by atoms with Crippen LogP contribution in [0.4, 0.5) is 4.79 Å². The third-order valence-electron chi connectivity index (χ3n) is 1.76. The van der Waals surface area contributed by atoms with Gasteiger partial charge in [0.2, 0.25) is 0 Å². The van der Waals surface area contributed by atoms with E-state index in [1.807, 2.05) is 6.07 Å². The van der Waals surface area contributed by atoms with Crippen LogP contribution >= 0.6 is 0 Å². The van der Waals surface area contributed by atoms with Crippen LogP contribution in [0, 0.1) is 12.0 Å². The Bertz CT molecular complexity index is 392. The lowest BCUT2D eigenvalue weighted by molar-refractivity contribution is 0.167. The summed E-state index contributed by atoms with van der Waals surface area (Å²) in [7, 11) is 0. The van der Waals surface area contributed by atoms with Crippen LogP contribution in [-0.2, 0) is 4.74 Å². The van der Waals surface area contributed by atoms with Crippen LogP contribution in [0.3, 0.4) is 0 Å². The largest absolute Gasteiger partial charge is 0.447 e. The average molecular weight is 188 g/mol. The monoisotopic (exact) mass is 188 g/mol. The summed E-state index contributed by atoms with van der Waals surface area (Å²) in [6.45, 7) is 0.951. The lowest BCUT2D eigenvalue weighted by atomic mass is 10.3. The van der Waals surface area contributed by atoms with Gasteiger partial charge in [-0.25, -0.2) is 9.69 Å². The highest BCUT2D eigenvalue weighted by molar-refractivity contribution is 5.71. The molecule has 14 heavy (non-hydrogen) atoms. The second-order valence-corrected chi connectivity index (χ2v) is 2.74. The maximum absolute atomic E-state index is 11.0. The number of ether oxygens (including phenoxy) is 1. The molecule has 4 nitrogen and oxygen atoms in total. The summed E-state index contributed by atoms with van der Waals surface area (Å²) in [4.78, 5) is 16.2. The van der Waals surface area contributed by atoms with Crippen molar-refractivity contribution >= 4 is 6.09 Å². The molecule has 1 aliphatic rings.